The van der Waals surface area contributed by atoms with Gasteiger partial charge in [0.05, 0.1) is 0 Å². The summed E-state index contributed by atoms with van der Waals surface area (Å²) in [7, 11) is 0. The lowest BCUT2D eigenvalue weighted by molar-refractivity contribution is 0.439. The van der Waals surface area contributed by atoms with Gasteiger partial charge in [-0.15, -0.1) is 0 Å². The molecular weight excluding hydrogens is 410 g/mol. The number of allylic oxidation sites excluding steroid dienone is 1. The van der Waals surface area contributed by atoms with E-state index in [4.69, 9.17) is 0 Å². The van der Waals surface area contributed by atoms with E-state index in [9.17, 15) is 8.78 Å². The van der Waals surface area contributed by atoms with E-state index in [0.29, 0.717) is 18.3 Å². The lowest BCUT2D eigenvalue weighted by Crippen LogP contribution is -2.11. The largest absolute Gasteiger partial charge is 0.209 e. The molecule has 1 saturated carbocycles. The van der Waals surface area contributed by atoms with E-state index in [1.807, 2.05) is 6.92 Å². The second-order valence-corrected chi connectivity index (χ2v) is 9.48. The van der Waals surface area contributed by atoms with Crippen LogP contribution in [0.5, 0.6) is 0 Å². The number of benzene rings is 2. The van der Waals surface area contributed by atoms with Crippen LogP contribution < -0.4 is 0 Å². The molecule has 33 heavy (non-hydrogen) atoms. The van der Waals surface area contributed by atoms with E-state index < -0.39 is 11.7 Å². The fourth-order valence-electron chi connectivity index (χ4n) is 4.99. The average Bonchev–Trinajstić information content (AvgIpc) is 2.86. The van der Waals surface area contributed by atoms with Gasteiger partial charge in [-0.3, -0.25) is 0 Å². The molecule has 0 radical (unpaired) electrons. The van der Waals surface area contributed by atoms with Gasteiger partial charge < -0.3 is 0 Å². The van der Waals surface area contributed by atoms with Crippen molar-refractivity contribution in [2.45, 2.75) is 96.8 Å². The molecule has 176 valence electrons. The second-order valence-electron chi connectivity index (χ2n) is 9.48. The Balaban J connectivity index is 1.89. The van der Waals surface area contributed by atoms with E-state index in [1.54, 1.807) is 24.3 Å². The summed E-state index contributed by atoms with van der Waals surface area (Å²) in [6.45, 7) is 6.55. The van der Waals surface area contributed by atoms with E-state index in [2.05, 4.69) is 43.9 Å². The quantitative estimate of drug-likeness (QED) is 0.352. The molecule has 0 amide bonds. The van der Waals surface area contributed by atoms with E-state index in [0.717, 1.165) is 17.5 Å². The maximum Gasteiger partial charge on any atom is 0.161 e. The van der Waals surface area contributed by atoms with Gasteiger partial charge in [0.1, 0.15) is 5.83 Å². The maximum absolute atomic E-state index is 14.3. The summed E-state index contributed by atoms with van der Waals surface area (Å²) in [6, 6.07) is 13.4. The molecular formula is C31H38F2. The molecule has 0 saturated heterocycles. The third kappa shape index (κ3) is 6.80. The zero-order valence-electron chi connectivity index (χ0n) is 20.5. The Bertz CT molecular complexity index is 982. The van der Waals surface area contributed by atoms with Gasteiger partial charge in [0.15, 0.2) is 5.83 Å². The van der Waals surface area contributed by atoms with Crippen molar-refractivity contribution >= 4 is 5.83 Å². The number of hydrogen-bond acceptors (Lipinski definition) is 0. The third-order valence-electron chi connectivity index (χ3n) is 6.87. The first-order valence-electron chi connectivity index (χ1n) is 12.8. The van der Waals surface area contributed by atoms with Gasteiger partial charge in [-0.25, -0.2) is 8.78 Å². The Morgan fingerprint density at radius 2 is 1.67 bits per heavy atom. The van der Waals surface area contributed by atoms with Crippen LogP contribution in [0.15, 0.2) is 48.3 Å². The molecule has 1 aliphatic rings. The number of hydrogen-bond donors (Lipinski definition) is 0. The molecule has 2 aromatic carbocycles. The Morgan fingerprint density at radius 1 is 0.939 bits per heavy atom. The molecule has 0 spiro atoms. The second kappa shape index (κ2) is 12.7. The minimum absolute atomic E-state index is 0.153. The molecule has 2 heteroatoms. The lowest BCUT2D eigenvalue weighted by Gasteiger charge is -2.27. The van der Waals surface area contributed by atoms with Crippen molar-refractivity contribution < 1.29 is 8.78 Å². The van der Waals surface area contributed by atoms with Gasteiger partial charge in [0.25, 0.3) is 0 Å². The number of unbranched alkanes of at least 4 members (excludes halogenated alkanes) is 1. The van der Waals surface area contributed by atoms with Gasteiger partial charge in [0.2, 0.25) is 0 Å². The van der Waals surface area contributed by atoms with Gasteiger partial charge in [0, 0.05) is 23.1 Å². The van der Waals surface area contributed by atoms with Crippen molar-refractivity contribution in [1.82, 2.24) is 0 Å². The van der Waals surface area contributed by atoms with Crippen LogP contribution in [0.1, 0.15) is 125 Å². The van der Waals surface area contributed by atoms with Crippen LogP contribution in [-0.2, 0) is 0 Å². The zero-order chi connectivity index (χ0) is 23.6. The summed E-state index contributed by atoms with van der Waals surface area (Å²) < 4.78 is 28.3. The first-order chi connectivity index (χ1) is 16.0. The Kier molecular flexibility index (Phi) is 9.74. The SMILES string of the molecule is CCCCC(F)=C(F)c1ccc(C#Cc2cccc(C(C)CCC)c2C2CCCCC2)cc1. The van der Waals surface area contributed by atoms with Crippen molar-refractivity contribution in [3.05, 3.63) is 76.1 Å². The van der Waals surface area contributed by atoms with Crippen molar-refractivity contribution in [1.29, 1.82) is 0 Å². The molecule has 0 bridgehead atoms. The highest BCUT2D eigenvalue weighted by molar-refractivity contribution is 5.62. The monoisotopic (exact) mass is 448 g/mol. The first-order valence-corrected chi connectivity index (χ1v) is 12.8. The molecule has 0 aliphatic heterocycles. The molecule has 3 rings (SSSR count). The van der Waals surface area contributed by atoms with Gasteiger partial charge >= 0.3 is 0 Å². The van der Waals surface area contributed by atoms with Crippen molar-refractivity contribution in [2.24, 2.45) is 0 Å². The van der Waals surface area contributed by atoms with E-state index in [1.165, 1.54) is 56.1 Å². The Morgan fingerprint density at radius 3 is 2.33 bits per heavy atom. The van der Waals surface area contributed by atoms with Crippen LogP contribution in [0.3, 0.4) is 0 Å². The molecule has 0 aromatic heterocycles. The fourth-order valence-corrected chi connectivity index (χ4v) is 4.99. The summed E-state index contributed by atoms with van der Waals surface area (Å²) in [5.41, 5.74) is 5.15. The zero-order valence-corrected chi connectivity index (χ0v) is 20.5. The summed E-state index contributed by atoms with van der Waals surface area (Å²) >= 11 is 0. The highest BCUT2D eigenvalue weighted by Gasteiger charge is 2.23. The summed E-state index contributed by atoms with van der Waals surface area (Å²) in [6.07, 6.45) is 10.4. The van der Waals surface area contributed by atoms with Crippen molar-refractivity contribution in [3.8, 4) is 11.8 Å². The van der Waals surface area contributed by atoms with Gasteiger partial charge in [-0.1, -0.05) is 89.0 Å². The van der Waals surface area contributed by atoms with Gasteiger partial charge in [-0.05, 0) is 66.8 Å². The highest BCUT2D eigenvalue weighted by Crippen LogP contribution is 2.39. The van der Waals surface area contributed by atoms with Crippen LogP contribution in [0, 0.1) is 11.8 Å². The first kappa shape index (κ1) is 25.2. The number of rotatable bonds is 8. The Hall–Kier alpha value is -2.40. The predicted octanol–water partition coefficient (Wildman–Crippen LogP) is 9.84. The van der Waals surface area contributed by atoms with Gasteiger partial charge in [-0.2, -0.15) is 0 Å². The standard InChI is InChI=1S/C31H38F2/c1-4-6-16-29(32)31(33)27-21-18-24(19-22-27)17-20-26-14-10-15-28(23(3)11-5-2)30(26)25-12-8-7-9-13-25/h10,14-15,18-19,21-23,25H,4-9,11-13,16H2,1-3H3. The molecule has 1 unspecified atom stereocenters. The van der Waals surface area contributed by atoms with Crippen LogP contribution in [0.25, 0.3) is 5.83 Å². The smallest absolute Gasteiger partial charge is 0.161 e. The molecule has 0 heterocycles. The molecule has 2 aromatic rings. The summed E-state index contributed by atoms with van der Waals surface area (Å²) in [5, 5.41) is 0. The Labute approximate surface area is 199 Å². The van der Waals surface area contributed by atoms with E-state index >= 15 is 0 Å². The third-order valence-corrected chi connectivity index (χ3v) is 6.87. The van der Waals surface area contributed by atoms with Crippen LogP contribution >= 0.6 is 0 Å². The predicted molar refractivity (Wildman–Crippen MR) is 137 cm³/mol. The van der Waals surface area contributed by atoms with Crippen LogP contribution in [-0.4, -0.2) is 0 Å². The molecule has 0 N–H and O–H groups in total. The summed E-state index contributed by atoms with van der Waals surface area (Å²) in [4.78, 5) is 0. The van der Waals surface area contributed by atoms with Crippen LogP contribution in [0.4, 0.5) is 8.78 Å². The van der Waals surface area contributed by atoms with Crippen molar-refractivity contribution in [2.75, 3.05) is 0 Å². The minimum atomic E-state index is -0.750. The summed E-state index contributed by atoms with van der Waals surface area (Å²) in [5.74, 6) is 6.43. The highest BCUT2D eigenvalue weighted by atomic mass is 19.2. The van der Waals surface area contributed by atoms with Crippen molar-refractivity contribution in [3.63, 3.8) is 0 Å². The minimum Gasteiger partial charge on any atom is -0.209 e. The van der Waals surface area contributed by atoms with E-state index in [-0.39, 0.29) is 12.0 Å². The topological polar surface area (TPSA) is 0 Å². The maximum atomic E-state index is 14.3. The number of halogens is 2. The molecule has 0 nitrogen and oxygen atoms in total. The normalized spacial score (nSPS) is 16.0. The molecule has 1 aliphatic carbocycles. The molecule has 1 atom stereocenters. The lowest BCUT2D eigenvalue weighted by atomic mass is 9.77. The average molecular weight is 449 g/mol. The van der Waals surface area contributed by atoms with Crippen LogP contribution in [0.2, 0.25) is 0 Å². The fraction of sp³-hybridized carbons (Fsp3) is 0.484. The molecule has 1 fully saturated rings.